The molecule has 0 heterocycles. The number of amides is 1. The average molecular weight is 291 g/mol. The van der Waals surface area contributed by atoms with Crippen LogP contribution in [0.4, 0.5) is 10.1 Å². The predicted octanol–water partition coefficient (Wildman–Crippen LogP) is 2.35. The van der Waals surface area contributed by atoms with Crippen molar-refractivity contribution in [2.24, 2.45) is 5.73 Å². The minimum atomic E-state index is -0.551. The zero-order chi connectivity index (χ0) is 13.7. The van der Waals surface area contributed by atoms with Crippen molar-refractivity contribution in [3.63, 3.8) is 0 Å². The van der Waals surface area contributed by atoms with Gasteiger partial charge in [0.15, 0.2) is 11.6 Å². The van der Waals surface area contributed by atoms with E-state index in [1.165, 1.54) is 24.1 Å². The molecule has 0 fully saturated rings. The van der Waals surface area contributed by atoms with E-state index in [0.717, 1.165) is 6.42 Å². The zero-order valence-electron chi connectivity index (χ0n) is 11.4. The first-order valence-electron chi connectivity index (χ1n) is 5.88. The fourth-order valence-electron chi connectivity index (χ4n) is 1.67. The van der Waals surface area contributed by atoms with Crippen molar-refractivity contribution in [1.82, 2.24) is 0 Å². The van der Waals surface area contributed by atoms with Gasteiger partial charge in [-0.25, -0.2) is 4.39 Å². The van der Waals surface area contributed by atoms with Crippen molar-refractivity contribution in [3.8, 4) is 5.75 Å². The van der Waals surface area contributed by atoms with Gasteiger partial charge in [-0.1, -0.05) is 13.3 Å². The van der Waals surface area contributed by atoms with E-state index in [2.05, 4.69) is 0 Å². The van der Waals surface area contributed by atoms with Gasteiger partial charge in [0.2, 0.25) is 5.91 Å². The number of hydrogen-bond donors (Lipinski definition) is 1. The molecule has 6 heteroatoms. The number of carbonyl (C=O) groups is 1. The van der Waals surface area contributed by atoms with E-state index < -0.39 is 11.9 Å². The summed E-state index contributed by atoms with van der Waals surface area (Å²) in [7, 11) is 2.98. The molecule has 0 aliphatic rings. The fourth-order valence-corrected chi connectivity index (χ4v) is 1.67. The molecule has 0 aromatic heterocycles. The fraction of sp³-hybridized carbons (Fsp3) is 0.462. The third-order valence-electron chi connectivity index (χ3n) is 2.77. The third kappa shape index (κ3) is 4.36. The van der Waals surface area contributed by atoms with Gasteiger partial charge in [-0.05, 0) is 18.6 Å². The number of hydrogen-bond acceptors (Lipinski definition) is 3. The normalized spacial score (nSPS) is 11.4. The summed E-state index contributed by atoms with van der Waals surface area (Å²) < 4.78 is 18.4. The third-order valence-corrected chi connectivity index (χ3v) is 2.77. The number of methoxy groups -OCH3 is 1. The zero-order valence-corrected chi connectivity index (χ0v) is 12.2. The van der Waals surface area contributed by atoms with E-state index in [1.807, 2.05) is 6.92 Å². The lowest BCUT2D eigenvalue weighted by Gasteiger charge is -2.21. The Morgan fingerprint density at radius 3 is 2.63 bits per heavy atom. The highest BCUT2D eigenvalue weighted by Gasteiger charge is 2.19. The molecular weight excluding hydrogens is 271 g/mol. The molecule has 0 bridgehead atoms. The van der Waals surface area contributed by atoms with Crippen LogP contribution in [-0.4, -0.2) is 26.1 Å². The number of nitrogens with zero attached hydrogens (tertiary/aromatic N) is 1. The average Bonchev–Trinajstić information content (AvgIpc) is 2.37. The molecule has 1 amide bonds. The van der Waals surface area contributed by atoms with E-state index in [9.17, 15) is 9.18 Å². The van der Waals surface area contributed by atoms with Crippen molar-refractivity contribution in [3.05, 3.63) is 24.0 Å². The summed E-state index contributed by atoms with van der Waals surface area (Å²) in [5.74, 6) is -0.572. The van der Waals surface area contributed by atoms with E-state index in [-0.39, 0.29) is 24.1 Å². The molecule has 1 atom stereocenters. The van der Waals surface area contributed by atoms with Crippen molar-refractivity contribution in [1.29, 1.82) is 0 Å². The lowest BCUT2D eigenvalue weighted by Crippen LogP contribution is -2.41. The summed E-state index contributed by atoms with van der Waals surface area (Å²) in [6.45, 7) is 1.96. The molecule has 0 saturated heterocycles. The van der Waals surface area contributed by atoms with Gasteiger partial charge in [0.25, 0.3) is 0 Å². The Bertz CT molecular complexity index is 429. The molecule has 0 saturated carbocycles. The van der Waals surface area contributed by atoms with Crippen molar-refractivity contribution >= 4 is 24.0 Å². The number of rotatable bonds is 5. The van der Waals surface area contributed by atoms with Crippen LogP contribution in [0.2, 0.25) is 0 Å². The number of likely N-dealkylation sites (N-methyl/N-ethyl adjacent to an activating group) is 1. The van der Waals surface area contributed by atoms with Crippen LogP contribution in [0.25, 0.3) is 0 Å². The number of anilines is 1. The topological polar surface area (TPSA) is 55.6 Å². The molecule has 2 N–H and O–H groups in total. The van der Waals surface area contributed by atoms with Crippen LogP contribution in [-0.2, 0) is 4.79 Å². The largest absolute Gasteiger partial charge is 0.494 e. The summed E-state index contributed by atoms with van der Waals surface area (Å²) in [5.41, 5.74) is 6.21. The molecule has 0 radical (unpaired) electrons. The Morgan fingerprint density at radius 1 is 1.53 bits per heavy atom. The SMILES string of the molecule is CCCC(N)C(=O)N(C)c1ccc(OC)c(F)c1.Cl. The smallest absolute Gasteiger partial charge is 0.243 e. The maximum Gasteiger partial charge on any atom is 0.243 e. The van der Waals surface area contributed by atoms with E-state index >= 15 is 0 Å². The second kappa shape index (κ2) is 7.96. The number of nitrogens with two attached hydrogens (primary N) is 1. The summed E-state index contributed by atoms with van der Waals surface area (Å²) in [5, 5.41) is 0. The van der Waals surface area contributed by atoms with Gasteiger partial charge in [-0.2, -0.15) is 0 Å². The Balaban J connectivity index is 0.00000324. The molecule has 19 heavy (non-hydrogen) atoms. The van der Waals surface area contributed by atoms with Crippen LogP contribution in [0.3, 0.4) is 0 Å². The number of carbonyl (C=O) groups excluding carboxylic acids is 1. The summed E-state index contributed by atoms with van der Waals surface area (Å²) in [4.78, 5) is 13.3. The minimum Gasteiger partial charge on any atom is -0.494 e. The Labute approximate surface area is 119 Å². The van der Waals surface area contributed by atoms with Gasteiger partial charge >= 0.3 is 0 Å². The van der Waals surface area contributed by atoms with Gasteiger partial charge in [0, 0.05) is 18.8 Å². The van der Waals surface area contributed by atoms with E-state index in [0.29, 0.717) is 12.1 Å². The van der Waals surface area contributed by atoms with Gasteiger partial charge in [0.05, 0.1) is 13.2 Å². The second-order valence-corrected chi connectivity index (χ2v) is 4.11. The van der Waals surface area contributed by atoms with Gasteiger partial charge in [-0.15, -0.1) is 12.4 Å². The highest BCUT2D eigenvalue weighted by Crippen LogP contribution is 2.23. The quantitative estimate of drug-likeness (QED) is 0.905. The highest BCUT2D eigenvalue weighted by atomic mass is 35.5. The molecule has 1 aromatic rings. The summed E-state index contributed by atoms with van der Waals surface area (Å²) >= 11 is 0. The molecule has 1 aromatic carbocycles. The molecule has 108 valence electrons. The van der Waals surface area contributed by atoms with Crippen LogP contribution in [0.15, 0.2) is 18.2 Å². The lowest BCUT2D eigenvalue weighted by molar-refractivity contribution is -0.119. The first-order chi connectivity index (χ1) is 8.51. The van der Waals surface area contributed by atoms with Crippen molar-refractivity contribution in [2.75, 3.05) is 19.1 Å². The highest BCUT2D eigenvalue weighted by molar-refractivity contribution is 5.96. The maximum absolute atomic E-state index is 13.5. The standard InChI is InChI=1S/C13H19FN2O2.ClH/c1-4-5-11(15)13(17)16(2)9-6-7-12(18-3)10(14)8-9;/h6-8,11H,4-5,15H2,1-3H3;1H. The first kappa shape index (κ1) is 17.7. The van der Waals surface area contributed by atoms with Crippen LogP contribution in [0.5, 0.6) is 5.75 Å². The molecule has 0 aliphatic carbocycles. The Morgan fingerprint density at radius 2 is 2.16 bits per heavy atom. The van der Waals surface area contributed by atoms with Crippen molar-refractivity contribution < 1.29 is 13.9 Å². The molecule has 1 rings (SSSR count). The van der Waals surface area contributed by atoms with Crippen molar-refractivity contribution in [2.45, 2.75) is 25.8 Å². The van der Waals surface area contributed by atoms with Gasteiger partial charge < -0.3 is 15.4 Å². The molecule has 4 nitrogen and oxygen atoms in total. The van der Waals surface area contributed by atoms with Crippen LogP contribution in [0, 0.1) is 5.82 Å². The van der Waals surface area contributed by atoms with E-state index in [1.54, 1.807) is 13.1 Å². The summed E-state index contributed by atoms with van der Waals surface area (Å²) in [6.07, 6.45) is 1.44. The van der Waals surface area contributed by atoms with Gasteiger partial charge in [0.1, 0.15) is 0 Å². The number of halogens is 2. The monoisotopic (exact) mass is 290 g/mol. The lowest BCUT2D eigenvalue weighted by atomic mass is 10.1. The van der Waals surface area contributed by atoms with Crippen LogP contribution < -0.4 is 15.4 Å². The second-order valence-electron chi connectivity index (χ2n) is 4.11. The molecular formula is C13H20ClFN2O2. The Hall–Kier alpha value is -1.33. The molecule has 0 spiro atoms. The molecule has 0 aliphatic heterocycles. The maximum atomic E-state index is 13.5. The predicted molar refractivity (Wildman–Crippen MR) is 76.5 cm³/mol. The Kier molecular flexibility index (Phi) is 7.41. The van der Waals surface area contributed by atoms with Gasteiger partial charge in [-0.3, -0.25) is 4.79 Å². The first-order valence-corrected chi connectivity index (χ1v) is 5.88. The van der Waals surface area contributed by atoms with Crippen LogP contribution in [0.1, 0.15) is 19.8 Å². The van der Waals surface area contributed by atoms with Crippen LogP contribution >= 0.6 is 12.4 Å². The summed E-state index contributed by atoms with van der Waals surface area (Å²) in [6, 6.07) is 3.82. The number of ether oxygens (including phenoxy) is 1. The minimum absolute atomic E-state index is 0. The van der Waals surface area contributed by atoms with E-state index in [4.69, 9.17) is 10.5 Å². The number of benzene rings is 1. The molecule has 1 unspecified atom stereocenters.